The average molecular weight is 448 g/mol. The van der Waals surface area contributed by atoms with Crippen LogP contribution >= 0.6 is 27.5 Å². The number of amides is 2. The van der Waals surface area contributed by atoms with E-state index >= 15 is 0 Å². The number of urea groups is 1. The summed E-state index contributed by atoms with van der Waals surface area (Å²) >= 11 is 9.44. The molecular formula is C19H16BrClN4O2. The smallest absolute Gasteiger partial charge is 0.322 e. The Hall–Kier alpha value is -2.38. The van der Waals surface area contributed by atoms with Crippen molar-refractivity contribution >= 4 is 39.2 Å². The van der Waals surface area contributed by atoms with Gasteiger partial charge in [-0.05, 0) is 43.2 Å². The Kier molecular flexibility index (Phi) is 5.13. The molecule has 0 bridgehead atoms. The molecule has 1 aliphatic heterocycles. The highest BCUT2D eigenvalue weighted by Crippen LogP contribution is 2.33. The predicted octanol–water partition coefficient (Wildman–Crippen LogP) is 5.52. The molecule has 2 amide bonds. The van der Waals surface area contributed by atoms with Crippen molar-refractivity contribution in [3.8, 4) is 11.4 Å². The Bertz CT molecular complexity index is 978. The highest BCUT2D eigenvalue weighted by Gasteiger charge is 2.34. The van der Waals surface area contributed by atoms with Gasteiger partial charge < -0.3 is 14.7 Å². The second-order valence-electron chi connectivity index (χ2n) is 6.26. The Balaban J connectivity index is 1.52. The fraction of sp³-hybridized carbons (Fsp3) is 0.211. The van der Waals surface area contributed by atoms with E-state index in [0.29, 0.717) is 23.3 Å². The number of halogens is 2. The molecule has 1 fully saturated rings. The monoisotopic (exact) mass is 446 g/mol. The molecule has 2 heterocycles. The summed E-state index contributed by atoms with van der Waals surface area (Å²) in [6.07, 6.45) is 1.66. The fourth-order valence-electron chi connectivity index (χ4n) is 3.14. The number of benzene rings is 2. The van der Waals surface area contributed by atoms with Gasteiger partial charge in [0.2, 0.25) is 11.7 Å². The molecule has 1 atom stereocenters. The van der Waals surface area contributed by atoms with E-state index in [2.05, 4.69) is 31.4 Å². The van der Waals surface area contributed by atoms with Crippen molar-refractivity contribution < 1.29 is 9.32 Å². The summed E-state index contributed by atoms with van der Waals surface area (Å²) in [7, 11) is 0. The largest absolute Gasteiger partial charge is 0.337 e. The molecule has 138 valence electrons. The Morgan fingerprint density at radius 3 is 2.93 bits per heavy atom. The van der Waals surface area contributed by atoms with Gasteiger partial charge in [0, 0.05) is 27.3 Å². The van der Waals surface area contributed by atoms with Gasteiger partial charge in [-0.3, -0.25) is 0 Å². The molecule has 1 unspecified atom stereocenters. The molecule has 0 radical (unpaired) electrons. The lowest BCUT2D eigenvalue weighted by molar-refractivity contribution is 0.193. The lowest BCUT2D eigenvalue weighted by Crippen LogP contribution is -2.34. The molecule has 1 aliphatic rings. The van der Waals surface area contributed by atoms with Crippen LogP contribution in [-0.4, -0.2) is 27.6 Å². The first-order chi connectivity index (χ1) is 13.1. The Labute approximate surface area is 169 Å². The molecule has 0 spiro atoms. The minimum absolute atomic E-state index is 0.182. The minimum atomic E-state index is -0.238. The first kappa shape index (κ1) is 18.0. The quantitative estimate of drug-likeness (QED) is 0.574. The van der Waals surface area contributed by atoms with Crippen LogP contribution in [0.2, 0.25) is 5.02 Å². The van der Waals surface area contributed by atoms with Crippen molar-refractivity contribution in [3.63, 3.8) is 0 Å². The molecule has 0 saturated carbocycles. The van der Waals surface area contributed by atoms with Gasteiger partial charge in [0.25, 0.3) is 0 Å². The second kappa shape index (κ2) is 7.70. The third kappa shape index (κ3) is 3.99. The fourth-order valence-corrected chi connectivity index (χ4v) is 3.73. The number of aromatic nitrogens is 2. The van der Waals surface area contributed by atoms with Gasteiger partial charge in [-0.1, -0.05) is 50.9 Å². The van der Waals surface area contributed by atoms with Crippen LogP contribution in [-0.2, 0) is 0 Å². The molecule has 1 saturated heterocycles. The van der Waals surface area contributed by atoms with Crippen molar-refractivity contribution in [1.82, 2.24) is 15.0 Å². The van der Waals surface area contributed by atoms with Gasteiger partial charge in [0.05, 0.1) is 0 Å². The van der Waals surface area contributed by atoms with Crippen LogP contribution in [0.25, 0.3) is 11.4 Å². The number of nitrogens with one attached hydrogen (secondary N) is 1. The third-order valence-electron chi connectivity index (χ3n) is 4.40. The molecule has 27 heavy (non-hydrogen) atoms. The highest BCUT2D eigenvalue weighted by atomic mass is 79.9. The van der Waals surface area contributed by atoms with Crippen LogP contribution in [0.5, 0.6) is 0 Å². The van der Waals surface area contributed by atoms with E-state index < -0.39 is 0 Å². The molecule has 1 N–H and O–H groups in total. The van der Waals surface area contributed by atoms with Crippen molar-refractivity contribution in [1.29, 1.82) is 0 Å². The van der Waals surface area contributed by atoms with E-state index in [-0.39, 0.29) is 12.1 Å². The summed E-state index contributed by atoms with van der Waals surface area (Å²) in [5.74, 6) is 0.901. The summed E-state index contributed by atoms with van der Waals surface area (Å²) in [4.78, 5) is 18.9. The summed E-state index contributed by atoms with van der Waals surface area (Å²) in [5.41, 5.74) is 1.51. The van der Waals surface area contributed by atoms with Crippen molar-refractivity contribution in [2.45, 2.75) is 18.9 Å². The molecule has 0 aliphatic carbocycles. The van der Waals surface area contributed by atoms with Gasteiger partial charge >= 0.3 is 6.03 Å². The summed E-state index contributed by atoms with van der Waals surface area (Å²) in [5, 5.41) is 7.58. The SMILES string of the molecule is O=C(Nc1cccc(Br)c1)N1CCCC1c1nc(-c2cccc(Cl)c2)no1. The second-order valence-corrected chi connectivity index (χ2v) is 7.61. The number of likely N-dealkylation sites (tertiary alicyclic amines) is 1. The van der Waals surface area contributed by atoms with Gasteiger partial charge in [0.15, 0.2) is 0 Å². The van der Waals surface area contributed by atoms with Crippen molar-refractivity contribution in [3.05, 3.63) is 63.9 Å². The molecule has 3 aromatic rings. The van der Waals surface area contributed by atoms with Crippen LogP contribution in [0.3, 0.4) is 0 Å². The first-order valence-electron chi connectivity index (χ1n) is 8.53. The van der Waals surface area contributed by atoms with E-state index in [1.807, 2.05) is 36.4 Å². The third-order valence-corrected chi connectivity index (χ3v) is 5.13. The van der Waals surface area contributed by atoms with Crippen LogP contribution in [0.15, 0.2) is 57.5 Å². The zero-order chi connectivity index (χ0) is 18.8. The number of nitrogens with zero attached hydrogens (tertiary/aromatic N) is 3. The zero-order valence-corrected chi connectivity index (χ0v) is 16.6. The zero-order valence-electron chi connectivity index (χ0n) is 14.2. The van der Waals surface area contributed by atoms with E-state index in [0.717, 1.165) is 28.6 Å². The lowest BCUT2D eigenvalue weighted by Gasteiger charge is -2.22. The number of carbonyl (C=O) groups is 1. The molecule has 8 heteroatoms. The van der Waals surface area contributed by atoms with E-state index in [4.69, 9.17) is 16.1 Å². The maximum Gasteiger partial charge on any atom is 0.322 e. The number of carbonyl (C=O) groups excluding carboxylic acids is 1. The number of rotatable bonds is 3. The van der Waals surface area contributed by atoms with Crippen LogP contribution in [0.4, 0.5) is 10.5 Å². The van der Waals surface area contributed by atoms with Crippen LogP contribution < -0.4 is 5.32 Å². The van der Waals surface area contributed by atoms with Gasteiger partial charge in [-0.15, -0.1) is 0 Å². The summed E-state index contributed by atoms with van der Waals surface area (Å²) in [6.45, 7) is 0.638. The molecule has 4 rings (SSSR count). The van der Waals surface area contributed by atoms with Gasteiger partial charge in [-0.25, -0.2) is 4.79 Å². The number of anilines is 1. The number of hydrogen-bond donors (Lipinski definition) is 1. The molecule has 2 aromatic carbocycles. The maximum absolute atomic E-state index is 12.7. The molecule has 1 aromatic heterocycles. The van der Waals surface area contributed by atoms with E-state index in [1.165, 1.54) is 0 Å². The predicted molar refractivity (Wildman–Crippen MR) is 107 cm³/mol. The number of hydrogen-bond acceptors (Lipinski definition) is 4. The van der Waals surface area contributed by atoms with Crippen molar-refractivity contribution in [2.24, 2.45) is 0 Å². The minimum Gasteiger partial charge on any atom is -0.337 e. The van der Waals surface area contributed by atoms with Gasteiger partial charge in [-0.2, -0.15) is 4.98 Å². The molecular weight excluding hydrogens is 432 g/mol. The first-order valence-corrected chi connectivity index (χ1v) is 9.70. The Morgan fingerprint density at radius 1 is 1.26 bits per heavy atom. The van der Waals surface area contributed by atoms with Crippen LogP contribution in [0.1, 0.15) is 24.8 Å². The normalized spacial score (nSPS) is 16.5. The van der Waals surface area contributed by atoms with E-state index in [9.17, 15) is 4.79 Å². The average Bonchev–Trinajstić information content (AvgIpc) is 3.31. The maximum atomic E-state index is 12.7. The van der Waals surface area contributed by atoms with Crippen LogP contribution in [0, 0.1) is 0 Å². The summed E-state index contributed by atoms with van der Waals surface area (Å²) in [6, 6.07) is 14.3. The Morgan fingerprint density at radius 2 is 2.11 bits per heavy atom. The topological polar surface area (TPSA) is 71.3 Å². The standard InChI is InChI=1S/C19H16BrClN4O2/c20-13-5-2-7-15(11-13)22-19(26)25-9-3-8-16(25)18-23-17(24-27-18)12-4-1-6-14(21)10-12/h1-2,4-7,10-11,16H,3,8-9H2,(H,22,26). The van der Waals surface area contributed by atoms with Gasteiger partial charge in [0.1, 0.15) is 6.04 Å². The van der Waals surface area contributed by atoms with Crippen molar-refractivity contribution in [2.75, 3.05) is 11.9 Å². The molecule has 6 nitrogen and oxygen atoms in total. The van der Waals surface area contributed by atoms with E-state index in [1.54, 1.807) is 17.0 Å². The summed E-state index contributed by atoms with van der Waals surface area (Å²) < 4.78 is 6.36. The highest BCUT2D eigenvalue weighted by molar-refractivity contribution is 9.10. The lowest BCUT2D eigenvalue weighted by atomic mass is 10.2.